The fourth-order valence-corrected chi connectivity index (χ4v) is 2.76. The van der Waals surface area contributed by atoms with Crippen molar-refractivity contribution in [2.24, 2.45) is 0 Å². The number of carbonyl (C=O) groups is 2. The Morgan fingerprint density at radius 1 is 1.10 bits per heavy atom. The van der Waals surface area contributed by atoms with Crippen LogP contribution in [0.25, 0.3) is 0 Å². The van der Waals surface area contributed by atoms with E-state index in [-0.39, 0.29) is 17.7 Å². The minimum Gasteiger partial charge on any atom is -0.282 e. The van der Waals surface area contributed by atoms with E-state index in [2.05, 4.69) is 6.92 Å². The van der Waals surface area contributed by atoms with Crippen LogP contribution in [0.2, 0.25) is 0 Å². The molecule has 2 amide bonds. The third-order valence-corrected chi connectivity index (χ3v) is 3.95. The number of amides is 2. The van der Waals surface area contributed by atoms with Crippen LogP contribution < -0.4 is 0 Å². The number of hydrogen-bond acceptors (Lipinski definition) is 2. The zero-order valence-electron chi connectivity index (χ0n) is 12.2. The molecule has 108 valence electrons. The van der Waals surface area contributed by atoms with Gasteiger partial charge in [-0.15, -0.1) is 0 Å². The summed E-state index contributed by atoms with van der Waals surface area (Å²) in [6.07, 6.45) is 5.47. The van der Waals surface area contributed by atoms with Gasteiger partial charge in [-0.3, -0.25) is 14.5 Å². The second kappa shape index (κ2) is 7.22. The topological polar surface area (TPSA) is 37.4 Å². The van der Waals surface area contributed by atoms with Crippen LogP contribution in [0.1, 0.15) is 56.9 Å². The molecule has 1 heterocycles. The Labute approximate surface area is 121 Å². The van der Waals surface area contributed by atoms with Crippen LogP contribution >= 0.6 is 0 Å². The van der Waals surface area contributed by atoms with Gasteiger partial charge in [0.15, 0.2) is 0 Å². The minimum atomic E-state index is -0.139. The zero-order chi connectivity index (χ0) is 14.4. The standard InChI is InChI=1S/C17H23NO2/c1-2-3-4-8-13-18-16(19)12-11-15(17(18)20)14-9-6-5-7-10-14/h5-7,9-10,15H,2-4,8,11-13H2,1H3. The van der Waals surface area contributed by atoms with Crippen molar-refractivity contribution < 1.29 is 9.59 Å². The van der Waals surface area contributed by atoms with Crippen LogP contribution in [-0.2, 0) is 9.59 Å². The van der Waals surface area contributed by atoms with Crippen molar-refractivity contribution in [1.29, 1.82) is 0 Å². The maximum absolute atomic E-state index is 12.5. The Morgan fingerprint density at radius 2 is 1.85 bits per heavy atom. The summed E-state index contributed by atoms with van der Waals surface area (Å²) in [5, 5.41) is 0. The average Bonchev–Trinajstić information content (AvgIpc) is 2.47. The van der Waals surface area contributed by atoms with E-state index in [0.717, 1.165) is 24.8 Å². The molecule has 1 saturated heterocycles. The third-order valence-electron chi connectivity index (χ3n) is 3.95. The number of imide groups is 1. The molecular weight excluding hydrogens is 250 g/mol. The molecule has 0 radical (unpaired) electrons. The fraction of sp³-hybridized carbons (Fsp3) is 0.529. The first-order valence-electron chi connectivity index (χ1n) is 7.63. The van der Waals surface area contributed by atoms with Crippen molar-refractivity contribution in [3.8, 4) is 0 Å². The van der Waals surface area contributed by atoms with Crippen LogP contribution in [0.15, 0.2) is 30.3 Å². The molecule has 3 nitrogen and oxygen atoms in total. The van der Waals surface area contributed by atoms with Crippen LogP contribution in [0.3, 0.4) is 0 Å². The lowest BCUT2D eigenvalue weighted by Crippen LogP contribution is -2.44. The van der Waals surface area contributed by atoms with E-state index in [9.17, 15) is 9.59 Å². The molecule has 0 spiro atoms. The van der Waals surface area contributed by atoms with E-state index in [1.165, 1.54) is 11.3 Å². The monoisotopic (exact) mass is 273 g/mol. The molecule has 0 aliphatic carbocycles. The Morgan fingerprint density at radius 3 is 2.55 bits per heavy atom. The van der Waals surface area contributed by atoms with Crippen molar-refractivity contribution in [3.63, 3.8) is 0 Å². The smallest absolute Gasteiger partial charge is 0.236 e. The second-order valence-corrected chi connectivity index (χ2v) is 5.45. The molecule has 0 N–H and O–H groups in total. The highest BCUT2D eigenvalue weighted by Crippen LogP contribution is 2.28. The summed E-state index contributed by atoms with van der Waals surface area (Å²) in [7, 11) is 0. The molecule has 1 aromatic carbocycles. The Balaban J connectivity index is 2.00. The Kier molecular flexibility index (Phi) is 5.33. The Bertz CT molecular complexity index is 455. The first kappa shape index (κ1) is 14.8. The SMILES string of the molecule is CCCCCCN1C(=O)CCC(c2ccccc2)C1=O. The van der Waals surface area contributed by atoms with Crippen molar-refractivity contribution in [2.45, 2.75) is 51.4 Å². The summed E-state index contributed by atoms with van der Waals surface area (Å²) in [4.78, 5) is 25.9. The number of piperidine rings is 1. The molecule has 0 aromatic heterocycles. The lowest BCUT2D eigenvalue weighted by molar-refractivity contribution is -0.149. The molecule has 1 aromatic rings. The highest BCUT2D eigenvalue weighted by atomic mass is 16.2. The summed E-state index contributed by atoms with van der Waals surface area (Å²) >= 11 is 0. The van der Waals surface area contributed by atoms with Gasteiger partial charge in [-0.25, -0.2) is 0 Å². The second-order valence-electron chi connectivity index (χ2n) is 5.45. The van der Waals surface area contributed by atoms with Gasteiger partial charge in [-0.2, -0.15) is 0 Å². The number of carbonyl (C=O) groups excluding carboxylic acids is 2. The zero-order valence-corrected chi connectivity index (χ0v) is 12.2. The quantitative estimate of drug-likeness (QED) is 0.587. The first-order valence-corrected chi connectivity index (χ1v) is 7.63. The maximum atomic E-state index is 12.5. The minimum absolute atomic E-state index is 0.00122. The third kappa shape index (κ3) is 3.47. The summed E-state index contributed by atoms with van der Waals surface area (Å²) in [5.41, 5.74) is 1.03. The lowest BCUT2D eigenvalue weighted by atomic mass is 9.89. The van der Waals surface area contributed by atoms with E-state index in [4.69, 9.17) is 0 Å². The largest absolute Gasteiger partial charge is 0.282 e. The van der Waals surface area contributed by atoms with E-state index >= 15 is 0 Å². The highest BCUT2D eigenvalue weighted by Gasteiger charge is 2.34. The van der Waals surface area contributed by atoms with Gasteiger partial charge in [0.2, 0.25) is 11.8 Å². The number of hydrogen-bond donors (Lipinski definition) is 0. The van der Waals surface area contributed by atoms with Crippen LogP contribution in [0, 0.1) is 0 Å². The van der Waals surface area contributed by atoms with Gasteiger partial charge in [-0.05, 0) is 18.4 Å². The summed E-state index contributed by atoms with van der Waals surface area (Å²) < 4.78 is 0. The number of unbranched alkanes of at least 4 members (excludes halogenated alkanes) is 3. The normalized spacial score (nSPS) is 19.4. The summed E-state index contributed by atoms with van der Waals surface area (Å²) in [5.74, 6) is -0.150. The van der Waals surface area contributed by atoms with Crippen molar-refractivity contribution in [1.82, 2.24) is 4.90 Å². The van der Waals surface area contributed by atoms with Gasteiger partial charge in [0.25, 0.3) is 0 Å². The molecule has 1 aliphatic heterocycles. The van der Waals surface area contributed by atoms with Crippen LogP contribution in [0.5, 0.6) is 0 Å². The van der Waals surface area contributed by atoms with Gasteiger partial charge in [0.05, 0.1) is 5.92 Å². The van der Waals surface area contributed by atoms with Crippen LogP contribution in [0.4, 0.5) is 0 Å². The van der Waals surface area contributed by atoms with Gasteiger partial charge >= 0.3 is 0 Å². The molecule has 0 bridgehead atoms. The number of likely N-dealkylation sites (tertiary alicyclic amines) is 1. The molecular formula is C17H23NO2. The predicted molar refractivity (Wildman–Crippen MR) is 79.3 cm³/mol. The van der Waals surface area contributed by atoms with Gasteiger partial charge in [-0.1, -0.05) is 56.5 Å². The molecule has 3 heteroatoms. The van der Waals surface area contributed by atoms with E-state index in [1.54, 1.807) is 0 Å². The summed E-state index contributed by atoms with van der Waals surface area (Å²) in [6.45, 7) is 2.74. The molecule has 0 saturated carbocycles. The summed E-state index contributed by atoms with van der Waals surface area (Å²) in [6, 6.07) is 9.81. The average molecular weight is 273 g/mol. The molecule has 1 unspecified atom stereocenters. The molecule has 1 atom stereocenters. The molecule has 1 aliphatic rings. The highest BCUT2D eigenvalue weighted by molar-refractivity contribution is 6.01. The van der Waals surface area contributed by atoms with E-state index < -0.39 is 0 Å². The van der Waals surface area contributed by atoms with E-state index in [0.29, 0.717) is 19.4 Å². The van der Waals surface area contributed by atoms with Crippen molar-refractivity contribution >= 4 is 11.8 Å². The van der Waals surface area contributed by atoms with Gasteiger partial charge < -0.3 is 0 Å². The van der Waals surface area contributed by atoms with Crippen molar-refractivity contribution in [3.05, 3.63) is 35.9 Å². The lowest BCUT2D eigenvalue weighted by Gasteiger charge is -2.31. The fourth-order valence-electron chi connectivity index (χ4n) is 2.76. The predicted octanol–water partition coefficient (Wildman–Crippen LogP) is 3.50. The Hall–Kier alpha value is -1.64. The van der Waals surface area contributed by atoms with E-state index in [1.807, 2.05) is 30.3 Å². The number of rotatable bonds is 6. The first-order chi connectivity index (χ1) is 9.74. The number of benzene rings is 1. The van der Waals surface area contributed by atoms with Crippen molar-refractivity contribution in [2.75, 3.05) is 6.54 Å². The molecule has 20 heavy (non-hydrogen) atoms. The maximum Gasteiger partial charge on any atom is 0.236 e. The molecule has 2 rings (SSSR count). The van der Waals surface area contributed by atoms with Gasteiger partial charge in [0.1, 0.15) is 0 Å². The van der Waals surface area contributed by atoms with Gasteiger partial charge in [0, 0.05) is 13.0 Å². The molecule has 1 fully saturated rings. The van der Waals surface area contributed by atoms with Crippen LogP contribution in [-0.4, -0.2) is 23.3 Å². The number of nitrogens with zero attached hydrogens (tertiary/aromatic N) is 1.